The Hall–Kier alpha value is -4.53. The number of ether oxygens (including phenoxy) is 1. The van der Waals surface area contributed by atoms with Gasteiger partial charge >= 0.3 is 12.1 Å². The summed E-state index contributed by atoms with van der Waals surface area (Å²) < 4.78 is 63.0. The summed E-state index contributed by atoms with van der Waals surface area (Å²) >= 11 is 0. The van der Waals surface area contributed by atoms with Crippen LogP contribution in [0.5, 0.6) is 0 Å². The van der Waals surface area contributed by atoms with Gasteiger partial charge in [-0.1, -0.05) is 77.8 Å². The highest BCUT2D eigenvalue weighted by atomic mass is 19.4. The number of halogens is 4. The molecule has 15 heteroatoms. The standard InChI is InChI=1S/C45H61F4N5O6/c1-8-26(3)38(40(57)50-21-12-13-22-60-35(56)24-54(6)7)52-42(59)43(53-41(58)39(27(4)9-2)51-34(55)23-29-15-10-11-18-33(29)46)20-19-32-37-28(5)36-30(44(32,37)25-43)16-14-17-31(36)45(47,48)49/h10-11,14-18,26-28,32,37-39H,8-9,12-13,19-25H2,1-7H3,(H,50,57)(H,51,55)(H,52,59)(H,53,58)/t26?,27?,28-,32?,37?,38-,39-,43+,44?/m0/s1. The van der Waals surface area contributed by atoms with E-state index in [-0.39, 0.29) is 73.8 Å². The van der Waals surface area contributed by atoms with Crippen LogP contribution in [0.3, 0.4) is 0 Å². The summed E-state index contributed by atoms with van der Waals surface area (Å²) in [6.07, 6.45) is -2.32. The number of esters is 1. The molecule has 0 bridgehead atoms. The summed E-state index contributed by atoms with van der Waals surface area (Å²) in [4.78, 5) is 70.3. The molecule has 5 rings (SSSR count). The number of nitrogens with one attached hydrogen (secondary N) is 4. The predicted octanol–water partition coefficient (Wildman–Crippen LogP) is 5.79. The number of alkyl halides is 3. The van der Waals surface area contributed by atoms with Crippen LogP contribution in [0.2, 0.25) is 0 Å². The Morgan fingerprint density at radius 2 is 1.58 bits per heavy atom. The van der Waals surface area contributed by atoms with Gasteiger partial charge in [-0.15, -0.1) is 0 Å². The van der Waals surface area contributed by atoms with Gasteiger partial charge in [-0.25, -0.2) is 4.39 Å². The topological polar surface area (TPSA) is 146 Å². The molecule has 2 fully saturated rings. The second-order valence-electron chi connectivity index (χ2n) is 17.5. The fourth-order valence-corrected chi connectivity index (χ4v) is 9.82. The zero-order chi connectivity index (χ0) is 44.2. The highest BCUT2D eigenvalue weighted by Crippen LogP contribution is 2.77. The largest absolute Gasteiger partial charge is 0.465 e. The first kappa shape index (κ1) is 46.5. The predicted molar refractivity (Wildman–Crippen MR) is 218 cm³/mol. The highest BCUT2D eigenvalue weighted by molar-refractivity contribution is 5.97. The van der Waals surface area contributed by atoms with E-state index in [2.05, 4.69) is 21.3 Å². The van der Waals surface area contributed by atoms with E-state index in [1.54, 1.807) is 45.0 Å². The molecular weight excluding hydrogens is 783 g/mol. The third-order valence-corrected chi connectivity index (χ3v) is 13.2. The van der Waals surface area contributed by atoms with Gasteiger partial charge < -0.3 is 26.0 Å². The van der Waals surface area contributed by atoms with Gasteiger partial charge in [0, 0.05) is 12.0 Å². The fourth-order valence-electron chi connectivity index (χ4n) is 9.82. The molecule has 4 amide bonds. The molecule has 330 valence electrons. The van der Waals surface area contributed by atoms with Crippen LogP contribution in [-0.2, 0) is 46.7 Å². The highest BCUT2D eigenvalue weighted by Gasteiger charge is 2.76. The molecule has 60 heavy (non-hydrogen) atoms. The molecule has 2 aromatic rings. The third kappa shape index (κ3) is 9.81. The van der Waals surface area contributed by atoms with Crippen LogP contribution in [0.25, 0.3) is 0 Å². The van der Waals surface area contributed by atoms with Crippen molar-refractivity contribution in [1.29, 1.82) is 0 Å². The van der Waals surface area contributed by atoms with E-state index >= 15 is 4.79 Å². The number of nitrogens with zero attached hydrogens (tertiary/aromatic N) is 1. The quantitative estimate of drug-likeness (QED) is 0.0797. The number of hydrogen-bond acceptors (Lipinski definition) is 7. The van der Waals surface area contributed by atoms with Crippen LogP contribution >= 0.6 is 0 Å². The normalized spacial score (nSPS) is 24.8. The first-order valence-corrected chi connectivity index (χ1v) is 21.3. The number of rotatable bonds is 19. The molecule has 0 saturated heterocycles. The molecule has 0 radical (unpaired) electrons. The summed E-state index contributed by atoms with van der Waals surface area (Å²) in [7, 11) is 3.52. The van der Waals surface area contributed by atoms with Crippen molar-refractivity contribution in [2.45, 2.75) is 121 Å². The number of fused-ring (bicyclic) bond motifs is 2. The van der Waals surface area contributed by atoms with Gasteiger partial charge in [0.15, 0.2) is 0 Å². The summed E-state index contributed by atoms with van der Waals surface area (Å²) in [5.74, 6) is -4.65. The molecule has 5 unspecified atom stereocenters. The lowest BCUT2D eigenvalue weighted by Crippen LogP contribution is -2.67. The maximum atomic E-state index is 15.0. The van der Waals surface area contributed by atoms with E-state index in [4.69, 9.17) is 4.74 Å². The van der Waals surface area contributed by atoms with Gasteiger partial charge in [-0.3, -0.25) is 28.9 Å². The molecule has 1 spiro atoms. The smallest absolute Gasteiger partial charge is 0.416 e. The Morgan fingerprint density at radius 1 is 0.917 bits per heavy atom. The zero-order valence-corrected chi connectivity index (χ0v) is 35.8. The lowest BCUT2D eigenvalue weighted by atomic mass is 9.70. The number of unbranched alkanes of at least 4 members (excludes halogenated alkanes) is 1. The Kier molecular flexibility index (Phi) is 14.8. The third-order valence-electron chi connectivity index (χ3n) is 13.2. The number of likely N-dealkylation sites (N-methyl/N-ethyl adjacent to an activating group) is 1. The lowest BCUT2D eigenvalue weighted by Gasteiger charge is -2.42. The average Bonchev–Trinajstić information content (AvgIpc) is 3.80. The van der Waals surface area contributed by atoms with Crippen molar-refractivity contribution in [1.82, 2.24) is 26.2 Å². The summed E-state index contributed by atoms with van der Waals surface area (Å²) in [5.41, 5.74) is -2.30. The number of benzene rings is 2. The molecule has 3 aliphatic rings. The van der Waals surface area contributed by atoms with Crippen molar-refractivity contribution in [3.05, 3.63) is 70.5 Å². The minimum atomic E-state index is -4.59. The first-order valence-electron chi connectivity index (χ1n) is 21.3. The summed E-state index contributed by atoms with van der Waals surface area (Å²) in [6.45, 7) is 9.71. The van der Waals surface area contributed by atoms with Crippen molar-refractivity contribution in [2.24, 2.45) is 23.7 Å². The van der Waals surface area contributed by atoms with E-state index < -0.39 is 76.1 Å². The van der Waals surface area contributed by atoms with Crippen molar-refractivity contribution < 1.29 is 46.3 Å². The number of amides is 4. The van der Waals surface area contributed by atoms with Crippen molar-refractivity contribution in [2.75, 3.05) is 33.8 Å². The van der Waals surface area contributed by atoms with Gasteiger partial charge in [-0.05, 0) is 105 Å². The van der Waals surface area contributed by atoms with E-state index in [9.17, 15) is 36.7 Å². The number of carbonyl (C=O) groups excluding carboxylic acids is 5. The van der Waals surface area contributed by atoms with Gasteiger partial charge in [0.2, 0.25) is 23.6 Å². The minimum Gasteiger partial charge on any atom is -0.465 e. The van der Waals surface area contributed by atoms with E-state index in [0.717, 1.165) is 6.07 Å². The van der Waals surface area contributed by atoms with Gasteiger partial charge in [0.25, 0.3) is 0 Å². The van der Waals surface area contributed by atoms with Crippen LogP contribution in [0.1, 0.15) is 108 Å². The molecule has 2 saturated carbocycles. The van der Waals surface area contributed by atoms with Crippen LogP contribution < -0.4 is 21.3 Å². The summed E-state index contributed by atoms with van der Waals surface area (Å²) in [5, 5.41) is 11.7. The second-order valence-corrected chi connectivity index (χ2v) is 17.5. The molecule has 0 aromatic heterocycles. The van der Waals surface area contributed by atoms with E-state index in [1.807, 2.05) is 20.8 Å². The molecule has 9 atom stereocenters. The maximum absolute atomic E-state index is 15.0. The number of hydrogen-bond donors (Lipinski definition) is 4. The summed E-state index contributed by atoms with van der Waals surface area (Å²) in [6, 6.07) is 7.88. The fraction of sp³-hybridized carbons (Fsp3) is 0.622. The lowest BCUT2D eigenvalue weighted by molar-refractivity contribution is -0.144. The Labute approximate surface area is 350 Å². The van der Waals surface area contributed by atoms with Gasteiger partial charge in [0.05, 0.1) is 25.1 Å². The van der Waals surface area contributed by atoms with Crippen LogP contribution in [0.15, 0.2) is 42.5 Å². The zero-order valence-electron chi connectivity index (χ0n) is 35.8. The van der Waals surface area contributed by atoms with Crippen molar-refractivity contribution in [3.8, 4) is 0 Å². The first-order chi connectivity index (χ1) is 28.3. The Morgan fingerprint density at radius 3 is 2.22 bits per heavy atom. The molecule has 11 nitrogen and oxygen atoms in total. The van der Waals surface area contributed by atoms with Crippen LogP contribution in [0, 0.1) is 29.5 Å². The van der Waals surface area contributed by atoms with Gasteiger partial charge in [0.1, 0.15) is 23.4 Å². The van der Waals surface area contributed by atoms with E-state index in [0.29, 0.717) is 37.7 Å². The van der Waals surface area contributed by atoms with Crippen molar-refractivity contribution >= 4 is 29.6 Å². The molecule has 0 aliphatic heterocycles. The second kappa shape index (κ2) is 19.0. The Balaban J connectivity index is 1.42. The monoisotopic (exact) mass is 843 g/mol. The minimum absolute atomic E-state index is 0.00332. The number of carbonyl (C=O) groups is 5. The molecule has 3 aliphatic carbocycles. The Bertz CT molecular complexity index is 1910. The molecular formula is C45H61F4N5O6. The molecule has 2 aromatic carbocycles. The van der Waals surface area contributed by atoms with Crippen LogP contribution in [-0.4, -0.2) is 85.9 Å². The maximum Gasteiger partial charge on any atom is 0.416 e. The van der Waals surface area contributed by atoms with E-state index in [1.165, 1.54) is 24.3 Å². The average molecular weight is 844 g/mol. The molecule has 4 N–H and O–H groups in total. The van der Waals surface area contributed by atoms with Crippen molar-refractivity contribution in [3.63, 3.8) is 0 Å². The van der Waals surface area contributed by atoms with Gasteiger partial charge in [-0.2, -0.15) is 13.2 Å². The van der Waals surface area contributed by atoms with Crippen LogP contribution in [0.4, 0.5) is 17.6 Å². The SMILES string of the molecule is CCC(C)[C@H](NC(=O)Cc1ccccc1F)C(=O)N[C@]1(C(=O)N[C@H](C(=O)NCCCCOC(=O)CN(C)C)C(C)CC)CCC2C3[C@@H](C)c4c(C(F)(F)F)cccc4C23C1. The molecule has 0 heterocycles.